The van der Waals surface area contributed by atoms with Crippen molar-refractivity contribution in [2.75, 3.05) is 12.5 Å². The lowest BCUT2D eigenvalue weighted by molar-refractivity contribution is -0.175. The monoisotopic (exact) mass is 323 g/mol. The molecule has 4 nitrogen and oxygen atoms in total. The number of benzene rings is 1. The Morgan fingerprint density at radius 1 is 1.24 bits per heavy atom. The molecule has 1 rings (SSSR count). The summed E-state index contributed by atoms with van der Waals surface area (Å²) >= 11 is 5.34. The van der Waals surface area contributed by atoms with Gasteiger partial charge in [-0.15, -0.1) is 11.6 Å². The van der Waals surface area contributed by atoms with Gasteiger partial charge in [0.15, 0.2) is 0 Å². The quantitative estimate of drug-likeness (QED) is 0.644. The minimum absolute atomic E-state index is 0.0109. The highest BCUT2D eigenvalue weighted by molar-refractivity contribution is 6.18. The maximum Gasteiger partial charge on any atom is 0.471 e. The Kier molecular flexibility index (Phi) is 6.48. The molecule has 116 valence electrons. The van der Waals surface area contributed by atoms with Gasteiger partial charge < -0.3 is 10.1 Å². The molecule has 0 saturated carbocycles. The highest BCUT2D eigenvalue weighted by Crippen LogP contribution is 2.15. The molecule has 21 heavy (non-hydrogen) atoms. The predicted molar refractivity (Wildman–Crippen MR) is 69.8 cm³/mol. The van der Waals surface area contributed by atoms with Crippen LogP contribution >= 0.6 is 11.6 Å². The highest BCUT2D eigenvalue weighted by atomic mass is 35.5. The van der Waals surface area contributed by atoms with E-state index < -0.39 is 24.1 Å². The van der Waals surface area contributed by atoms with E-state index in [4.69, 9.17) is 11.6 Å². The normalized spacial score (nSPS) is 12.6. The third kappa shape index (κ3) is 6.03. The summed E-state index contributed by atoms with van der Waals surface area (Å²) in [7, 11) is 0. The van der Waals surface area contributed by atoms with Gasteiger partial charge in [-0.1, -0.05) is 30.3 Å². The van der Waals surface area contributed by atoms with E-state index in [0.29, 0.717) is 5.56 Å². The summed E-state index contributed by atoms with van der Waals surface area (Å²) in [6.45, 7) is -0.145. The van der Waals surface area contributed by atoms with Crippen LogP contribution < -0.4 is 5.32 Å². The molecule has 0 aliphatic heterocycles. The molecule has 0 saturated heterocycles. The molecule has 8 heteroatoms. The fraction of sp³-hybridized carbons (Fsp3) is 0.385. The van der Waals surface area contributed by atoms with E-state index in [0.717, 1.165) is 0 Å². The van der Waals surface area contributed by atoms with E-state index in [9.17, 15) is 22.8 Å². The molecule has 1 amide bonds. The average molecular weight is 324 g/mol. The number of nitrogens with one attached hydrogen (secondary N) is 1. The zero-order valence-corrected chi connectivity index (χ0v) is 11.6. The topological polar surface area (TPSA) is 55.4 Å². The lowest BCUT2D eigenvalue weighted by atomic mass is 10.1. The Morgan fingerprint density at radius 2 is 1.86 bits per heavy atom. The van der Waals surface area contributed by atoms with Gasteiger partial charge in [0.25, 0.3) is 0 Å². The molecule has 0 aliphatic carbocycles. The van der Waals surface area contributed by atoms with Gasteiger partial charge in [-0.05, 0) is 5.56 Å². The maximum atomic E-state index is 12.3. The van der Waals surface area contributed by atoms with Crippen LogP contribution in [-0.2, 0) is 20.7 Å². The SMILES string of the molecule is O=C(OCCCl)[C@H](Cc1ccccc1)NC(=O)C(F)(F)F. The van der Waals surface area contributed by atoms with Crippen molar-refractivity contribution in [2.45, 2.75) is 18.6 Å². The van der Waals surface area contributed by atoms with Crippen molar-refractivity contribution in [3.63, 3.8) is 0 Å². The van der Waals surface area contributed by atoms with E-state index in [1.807, 2.05) is 0 Å². The molecule has 0 fully saturated rings. The summed E-state index contributed by atoms with van der Waals surface area (Å²) in [6, 6.07) is 6.89. The Balaban J connectivity index is 2.79. The fourth-order valence-electron chi connectivity index (χ4n) is 1.52. The minimum Gasteiger partial charge on any atom is -0.463 e. The van der Waals surface area contributed by atoms with Crippen LogP contribution in [-0.4, -0.2) is 36.6 Å². The lowest BCUT2D eigenvalue weighted by Gasteiger charge is -2.18. The van der Waals surface area contributed by atoms with Crippen LogP contribution in [0, 0.1) is 0 Å². The van der Waals surface area contributed by atoms with Gasteiger partial charge in [-0.2, -0.15) is 13.2 Å². The van der Waals surface area contributed by atoms with Crippen LogP contribution in [0.5, 0.6) is 0 Å². The predicted octanol–water partition coefficient (Wildman–Crippen LogP) is 2.06. The van der Waals surface area contributed by atoms with E-state index in [-0.39, 0.29) is 18.9 Å². The third-order valence-corrected chi connectivity index (χ3v) is 2.61. The van der Waals surface area contributed by atoms with Gasteiger partial charge in [-0.25, -0.2) is 4.79 Å². The first-order valence-corrected chi connectivity index (χ1v) is 6.52. The highest BCUT2D eigenvalue weighted by Gasteiger charge is 2.41. The summed E-state index contributed by atoms with van der Waals surface area (Å²) < 4.78 is 41.5. The Bertz CT molecular complexity index is 479. The largest absolute Gasteiger partial charge is 0.471 e. The first kappa shape index (κ1) is 17.3. The summed E-state index contributed by atoms with van der Waals surface area (Å²) in [5, 5.41) is 1.63. The Hall–Kier alpha value is -1.76. The molecule has 0 spiro atoms. The number of ether oxygens (including phenoxy) is 1. The lowest BCUT2D eigenvalue weighted by Crippen LogP contribution is -2.48. The van der Waals surface area contributed by atoms with Gasteiger partial charge in [0, 0.05) is 6.42 Å². The number of carbonyl (C=O) groups excluding carboxylic acids is 2. The number of rotatable bonds is 6. The number of alkyl halides is 4. The van der Waals surface area contributed by atoms with E-state index >= 15 is 0 Å². The fourth-order valence-corrected chi connectivity index (χ4v) is 1.60. The second kappa shape index (κ2) is 7.87. The number of carbonyl (C=O) groups is 2. The summed E-state index contributed by atoms with van der Waals surface area (Å²) in [6.07, 6.45) is -5.18. The van der Waals surface area contributed by atoms with Crippen molar-refractivity contribution in [1.82, 2.24) is 5.32 Å². The van der Waals surface area contributed by atoms with Crippen LogP contribution in [0.3, 0.4) is 0 Å². The van der Waals surface area contributed by atoms with Crippen molar-refractivity contribution in [2.24, 2.45) is 0 Å². The smallest absolute Gasteiger partial charge is 0.463 e. The number of hydrogen-bond acceptors (Lipinski definition) is 3. The first-order valence-electron chi connectivity index (χ1n) is 5.99. The van der Waals surface area contributed by atoms with Gasteiger partial charge in [0.1, 0.15) is 12.6 Å². The van der Waals surface area contributed by atoms with Gasteiger partial charge in [-0.3, -0.25) is 4.79 Å². The summed E-state index contributed by atoms with van der Waals surface area (Å²) in [5.74, 6) is -3.14. The number of esters is 1. The molecule has 0 radical (unpaired) electrons. The molecule has 1 N–H and O–H groups in total. The summed E-state index contributed by atoms with van der Waals surface area (Å²) in [4.78, 5) is 22.7. The van der Waals surface area contributed by atoms with Crippen LogP contribution in [0.4, 0.5) is 13.2 Å². The molecule has 0 unspecified atom stereocenters. The number of hydrogen-bond donors (Lipinski definition) is 1. The number of halogens is 4. The van der Waals surface area contributed by atoms with Crippen LogP contribution in [0.25, 0.3) is 0 Å². The minimum atomic E-state index is -5.07. The van der Waals surface area contributed by atoms with E-state index in [1.165, 1.54) is 0 Å². The molecule has 1 atom stereocenters. The zero-order chi connectivity index (χ0) is 15.9. The third-order valence-electron chi connectivity index (χ3n) is 2.45. The molecule has 0 aliphatic rings. The van der Waals surface area contributed by atoms with Gasteiger partial charge in [0.2, 0.25) is 0 Å². The van der Waals surface area contributed by atoms with Crippen molar-refractivity contribution in [1.29, 1.82) is 0 Å². The Morgan fingerprint density at radius 3 is 2.38 bits per heavy atom. The van der Waals surface area contributed by atoms with Crippen molar-refractivity contribution in [3.8, 4) is 0 Å². The van der Waals surface area contributed by atoms with E-state index in [1.54, 1.807) is 35.6 Å². The zero-order valence-electron chi connectivity index (χ0n) is 10.8. The van der Waals surface area contributed by atoms with Gasteiger partial charge >= 0.3 is 18.1 Å². The van der Waals surface area contributed by atoms with Crippen LogP contribution in [0.15, 0.2) is 30.3 Å². The Labute approximate surface area is 124 Å². The second-order valence-corrected chi connectivity index (χ2v) is 4.45. The first-order chi connectivity index (χ1) is 9.84. The second-order valence-electron chi connectivity index (χ2n) is 4.07. The van der Waals surface area contributed by atoms with Gasteiger partial charge in [0.05, 0.1) is 5.88 Å². The molecule has 1 aromatic rings. The van der Waals surface area contributed by atoms with E-state index in [2.05, 4.69) is 4.74 Å². The maximum absolute atomic E-state index is 12.3. The molecular formula is C13H13ClF3NO3. The molecule has 0 aromatic heterocycles. The average Bonchev–Trinajstić information content (AvgIpc) is 2.44. The standard InChI is InChI=1S/C13H13ClF3NO3/c14-6-7-21-11(19)10(18-12(20)13(15,16)17)8-9-4-2-1-3-5-9/h1-5,10H,6-8H2,(H,18,20)/t10-/m0/s1. The molecule has 0 heterocycles. The molecule has 1 aromatic carbocycles. The van der Waals surface area contributed by atoms with Crippen molar-refractivity contribution >= 4 is 23.5 Å². The molecule has 0 bridgehead atoms. The van der Waals surface area contributed by atoms with Crippen molar-refractivity contribution in [3.05, 3.63) is 35.9 Å². The molecular weight excluding hydrogens is 311 g/mol. The van der Waals surface area contributed by atoms with Crippen LogP contribution in [0.2, 0.25) is 0 Å². The number of amides is 1. The van der Waals surface area contributed by atoms with Crippen molar-refractivity contribution < 1.29 is 27.5 Å². The van der Waals surface area contributed by atoms with Crippen LogP contribution in [0.1, 0.15) is 5.56 Å². The summed E-state index contributed by atoms with van der Waals surface area (Å²) in [5.41, 5.74) is 0.591.